The molecule has 0 saturated carbocycles. The maximum atomic E-state index is 12.0. The summed E-state index contributed by atoms with van der Waals surface area (Å²) in [5.41, 5.74) is 5.48. The van der Waals surface area contributed by atoms with Crippen LogP contribution in [0.25, 0.3) is 0 Å². The standard InChI is InChI=1S/C23H20Br2N2O3/c1-16-11-20(24)23(21(25)12-16)30-15-22(28)27-26-13-17-7-9-19(10-8-17)29-14-18-5-3-2-4-6-18/h2-13H,14-15H2,1H3,(H,27,28). The summed E-state index contributed by atoms with van der Waals surface area (Å²) in [4.78, 5) is 12.0. The molecule has 0 aliphatic heterocycles. The van der Waals surface area contributed by atoms with Gasteiger partial charge in [-0.2, -0.15) is 5.10 Å². The second kappa shape index (κ2) is 10.9. The zero-order valence-electron chi connectivity index (χ0n) is 16.3. The number of hydrazone groups is 1. The molecule has 1 amide bonds. The third-order valence-electron chi connectivity index (χ3n) is 4.02. The number of aryl methyl sites for hydroxylation is 1. The minimum atomic E-state index is -0.353. The maximum Gasteiger partial charge on any atom is 0.277 e. The predicted octanol–water partition coefficient (Wildman–Crippen LogP) is 5.63. The summed E-state index contributed by atoms with van der Waals surface area (Å²) in [6.45, 7) is 2.34. The van der Waals surface area contributed by atoms with Crippen LogP contribution in [-0.2, 0) is 11.4 Å². The number of carbonyl (C=O) groups excluding carboxylic acids is 1. The highest BCUT2D eigenvalue weighted by Crippen LogP contribution is 2.34. The summed E-state index contributed by atoms with van der Waals surface area (Å²) in [6, 6.07) is 21.3. The molecule has 3 rings (SSSR count). The quantitative estimate of drug-likeness (QED) is 0.303. The summed E-state index contributed by atoms with van der Waals surface area (Å²) in [5, 5.41) is 3.97. The number of nitrogens with zero attached hydrogens (tertiary/aromatic N) is 1. The number of hydrogen-bond acceptors (Lipinski definition) is 4. The Bertz CT molecular complexity index is 999. The van der Waals surface area contributed by atoms with Crippen molar-refractivity contribution in [2.45, 2.75) is 13.5 Å². The average molecular weight is 532 g/mol. The molecular weight excluding hydrogens is 512 g/mol. The third-order valence-corrected chi connectivity index (χ3v) is 5.20. The number of halogens is 2. The highest BCUT2D eigenvalue weighted by atomic mass is 79.9. The first kappa shape index (κ1) is 22.1. The second-order valence-corrected chi connectivity index (χ2v) is 8.19. The molecule has 3 aromatic rings. The summed E-state index contributed by atoms with van der Waals surface area (Å²) in [6.07, 6.45) is 1.57. The Morgan fingerprint density at radius 2 is 1.67 bits per heavy atom. The van der Waals surface area contributed by atoms with Crippen LogP contribution in [0.1, 0.15) is 16.7 Å². The van der Waals surface area contributed by atoms with E-state index >= 15 is 0 Å². The molecule has 0 atom stereocenters. The Morgan fingerprint density at radius 3 is 2.33 bits per heavy atom. The zero-order chi connectivity index (χ0) is 21.3. The fourth-order valence-corrected chi connectivity index (χ4v) is 4.21. The van der Waals surface area contributed by atoms with Crippen LogP contribution in [0.5, 0.6) is 11.5 Å². The van der Waals surface area contributed by atoms with Crippen molar-refractivity contribution in [2.24, 2.45) is 5.10 Å². The van der Waals surface area contributed by atoms with Gasteiger partial charge in [-0.3, -0.25) is 4.79 Å². The smallest absolute Gasteiger partial charge is 0.277 e. The van der Waals surface area contributed by atoms with Crippen molar-refractivity contribution in [2.75, 3.05) is 6.61 Å². The normalized spacial score (nSPS) is 10.8. The topological polar surface area (TPSA) is 59.9 Å². The van der Waals surface area contributed by atoms with Gasteiger partial charge in [-0.25, -0.2) is 5.43 Å². The van der Waals surface area contributed by atoms with E-state index in [0.29, 0.717) is 12.4 Å². The average Bonchev–Trinajstić information content (AvgIpc) is 2.73. The molecule has 7 heteroatoms. The van der Waals surface area contributed by atoms with Crippen LogP contribution < -0.4 is 14.9 Å². The van der Waals surface area contributed by atoms with Gasteiger partial charge in [0.05, 0.1) is 15.2 Å². The molecule has 0 heterocycles. The summed E-state index contributed by atoms with van der Waals surface area (Å²) < 4.78 is 12.9. The number of amides is 1. The summed E-state index contributed by atoms with van der Waals surface area (Å²) >= 11 is 6.87. The first-order chi connectivity index (χ1) is 14.5. The number of ether oxygens (including phenoxy) is 2. The Morgan fingerprint density at radius 1 is 1.00 bits per heavy atom. The van der Waals surface area contributed by atoms with Crippen molar-refractivity contribution in [3.8, 4) is 11.5 Å². The van der Waals surface area contributed by atoms with E-state index in [-0.39, 0.29) is 12.5 Å². The van der Waals surface area contributed by atoms with E-state index in [1.54, 1.807) is 6.21 Å². The van der Waals surface area contributed by atoms with Crippen LogP contribution >= 0.6 is 31.9 Å². The number of nitrogens with one attached hydrogen (secondary N) is 1. The molecule has 0 saturated heterocycles. The lowest BCUT2D eigenvalue weighted by Crippen LogP contribution is -2.24. The molecule has 0 unspecified atom stereocenters. The third kappa shape index (κ3) is 6.71. The first-order valence-electron chi connectivity index (χ1n) is 9.18. The van der Waals surface area contributed by atoms with Crippen molar-refractivity contribution in [1.82, 2.24) is 5.43 Å². The van der Waals surface area contributed by atoms with Crippen molar-refractivity contribution >= 4 is 44.0 Å². The summed E-state index contributed by atoms with van der Waals surface area (Å²) in [7, 11) is 0. The van der Waals surface area contributed by atoms with Crippen molar-refractivity contribution in [3.05, 3.63) is 92.4 Å². The number of hydrogen-bond donors (Lipinski definition) is 1. The van der Waals surface area contributed by atoms with Crippen LogP contribution in [0.3, 0.4) is 0 Å². The Labute approximate surface area is 192 Å². The molecule has 0 fully saturated rings. The fourth-order valence-electron chi connectivity index (χ4n) is 2.56. The van der Waals surface area contributed by atoms with E-state index in [9.17, 15) is 4.79 Å². The van der Waals surface area contributed by atoms with Gasteiger partial charge < -0.3 is 9.47 Å². The molecule has 0 aliphatic carbocycles. The Hall–Kier alpha value is -2.64. The van der Waals surface area contributed by atoms with Crippen LogP contribution in [0, 0.1) is 6.92 Å². The van der Waals surface area contributed by atoms with Crippen molar-refractivity contribution < 1.29 is 14.3 Å². The van der Waals surface area contributed by atoms with Gasteiger partial charge in [-0.05, 0) is 91.9 Å². The lowest BCUT2D eigenvalue weighted by molar-refractivity contribution is -0.123. The van der Waals surface area contributed by atoms with Gasteiger partial charge >= 0.3 is 0 Å². The number of rotatable bonds is 8. The summed E-state index contributed by atoms with van der Waals surface area (Å²) in [5.74, 6) is 0.988. The van der Waals surface area contributed by atoms with Gasteiger partial charge in [-0.1, -0.05) is 30.3 Å². The van der Waals surface area contributed by atoms with E-state index < -0.39 is 0 Å². The predicted molar refractivity (Wildman–Crippen MR) is 125 cm³/mol. The number of benzene rings is 3. The van der Waals surface area contributed by atoms with Gasteiger partial charge in [0.15, 0.2) is 6.61 Å². The Kier molecular flexibility index (Phi) is 8.04. The van der Waals surface area contributed by atoms with Crippen LogP contribution in [0.4, 0.5) is 0 Å². The van der Waals surface area contributed by atoms with Gasteiger partial charge in [0.1, 0.15) is 18.1 Å². The van der Waals surface area contributed by atoms with Crippen LogP contribution in [0.2, 0.25) is 0 Å². The molecule has 0 aromatic heterocycles. The zero-order valence-corrected chi connectivity index (χ0v) is 19.4. The Balaban J connectivity index is 1.45. The monoisotopic (exact) mass is 530 g/mol. The van der Waals surface area contributed by atoms with Crippen LogP contribution in [0.15, 0.2) is 80.8 Å². The van der Waals surface area contributed by atoms with E-state index in [0.717, 1.165) is 31.4 Å². The van der Waals surface area contributed by atoms with E-state index in [1.165, 1.54) is 0 Å². The highest BCUT2D eigenvalue weighted by molar-refractivity contribution is 9.11. The molecule has 3 aromatic carbocycles. The fraction of sp³-hybridized carbons (Fsp3) is 0.130. The number of carbonyl (C=O) groups is 1. The lowest BCUT2D eigenvalue weighted by atomic mass is 10.2. The van der Waals surface area contributed by atoms with Gasteiger partial charge in [0.25, 0.3) is 5.91 Å². The molecule has 154 valence electrons. The van der Waals surface area contributed by atoms with Gasteiger partial charge in [0.2, 0.25) is 0 Å². The molecule has 0 spiro atoms. The molecule has 5 nitrogen and oxygen atoms in total. The lowest BCUT2D eigenvalue weighted by Gasteiger charge is -2.10. The van der Waals surface area contributed by atoms with Crippen LogP contribution in [-0.4, -0.2) is 18.7 Å². The second-order valence-electron chi connectivity index (χ2n) is 6.48. The van der Waals surface area contributed by atoms with Crippen molar-refractivity contribution in [1.29, 1.82) is 0 Å². The maximum absolute atomic E-state index is 12.0. The molecule has 1 N–H and O–H groups in total. The molecule has 0 aliphatic rings. The minimum Gasteiger partial charge on any atom is -0.489 e. The van der Waals surface area contributed by atoms with E-state index in [2.05, 4.69) is 42.4 Å². The van der Waals surface area contributed by atoms with Gasteiger partial charge in [0, 0.05) is 0 Å². The SMILES string of the molecule is Cc1cc(Br)c(OCC(=O)NN=Cc2ccc(OCc3ccccc3)cc2)c(Br)c1. The molecule has 30 heavy (non-hydrogen) atoms. The van der Waals surface area contributed by atoms with E-state index in [1.807, 2.05) is 73.7 Å². The molecule has 0 radical (unpaired) electrons. The molecule has 0 bridgehead atoms. The first-order valence-corrected chi connectivity index (χ1v) is 10.8. The van der Waals surface area contributed by atoms with Gasteiger partial charge in [-0.15, -0.1) is 0 Å². The largest absolute Gasteiger partial charge is 0.489 e. The minimum absolute atomic E-state index is 0.149. The molecular formula is C23H20Br2N2O3. The van der Waals surface area contributed by atoms with E-state index in [4.69, 9.17) is 9.47 Å². The van der Waals surface area contributed by atoms with Crippen molar-refractivity contribution in [3.63, 3.8) is 0 Å². The highest BCUT2D eigenvalue weighted by Gasteiger charge is 2.10.